The molecular weight excluding hydrogens is 592 g/mol. The van der Waals surface area contributed by atoms with Gasteiger partial charge in [-0.05, 0) is 48.4 Å². The SMILES string of the molecule is CC[C@@H](C)c1nc2ccc(Br)cc2c(=O)n1N=Cc1cc(Cl)c(OCc2cccc(C(=O)O)c2)c([N+](=O)[O-])c1. The number of carboxylic acid groups (broad SMARTS) is 1. The van der Waals surface area contributed by atoms with Gasteiger partial charge in [-0.2, -0.15) is 9.78 Å². The minimum Gasteiger partial charge on any atom is -0.481 e. The summed E-state index contributed by atoms with van der Waals surface area (Å²) in [5.41, 5.74) is 0.580. The molecule has 0 aliphatic rings. The molecule has 0 saturated carbocycles. The van der Waals surface area contributed by atoms with Gasteiger partial charge in [0.1, 0.15) is 12.4 Å². The van der Waals surface area contributed by atoms with Crippen molar-refractivity contribution < 1.29 is 19.6 Å². The molecule has 0 aliphatic carbocycles. The Morgan fingerprint density at radius 2 is 2.05 bits per heavy atom. The second kappa shape index (κ2) is 11.7. The van der Waals surface area contributed by atoms with Crippen LogP contribution in [0.3, 0.4) is 0 Å². The van der Waals surface area contributed by atoms with Crippen molar-refractivity contribution in [2.45, 2.75) is 32.8 Å². The van der Waals surface area contributed by atoms with Gasteiger partial charge in [-0.3, -0.25) is 14.9 Å². The molecule has 10 nitrogen and oxygen atoms in total. The van der Waals surface area contributed by atoms with E-state index in [0.717, 1.165) is 0 Å². The van der Waals surface area contributed by atoms with E-state index in [-0.39, 0.29) is 40.0 Å². The van der Waals surface area contributed by atoms with Crippen molar-refractivity contribution in [2.24, 2.45) is 5.10 Å². The maximum atomic E-state index is 13.3. The number of hydrogen-bond donors (Lipinski definition) is 1. The first-order valence-electron chi connectivity index (χ1n) is 11.8. The molecule has 0 amide bonds. The standard InChI is InChI=1S/C27H22BrClN4O6/c1-3-15(2)25-31-22-8-7-19(28)12-20(22)26(34)32(25)30-13-17-10-21(29)24(23(11-17)33(37)38)39-14-16-5-4-6-18(9-16)27(35)36/h4-13,15H,3,14H2,1-2H3,(H,35,36)/t15-/m1/s1. The topological polar surface area (TPSA) is 137 Å². The zero-order valence-electron chi connectivity index (χ0n) is 20.8. The van der Waals surface area contributed by atoms with E-state index in [4.69, 9.17) is 16.3 Å². The van der Waals surface area contributed by atoms with Gasteiger partial charge in [0.2, 0.25) is 5.75 Å². The Kier molecular flexibility index (Phi) is 8.41. The number of aromatic nitrogens is 2. The number of aromatic carboxylic acids is 1. The molecule has 4 rings (SSSR count). The van der Waals surface area contributed by atoms with Crippen molar-refractivity contribution in [3.63, 3.8) is 0 Å². The molecule has 0 unspecified atom stereocenters. The van der Waals surface area contributed by atoms with Gasteiger partial charge in [0.05, 0.1) is 32.6 Å². The van der Waals surface area contributed by atoms with Gasteiger partial charge in [0.15, 0.2) is 0 Å². The zero-order chi connectivity index (χ0) is 28.3. The van der Waals surface area contributed by atoms with Crippen LogP contribution in [0, 0.1) is 10.1 Å². The summed E-state index contributed by atoms with van der Waals surface area (Å²) < 4.78 is 7.54. The third-order valence-corrected chi connectivity index (χ3v) is 6.78. The Balaban J connectivity index is 1.71. The Bertz CT molecular complexity index is 1690. The predicted octanol–water partition coefficient (Wildman–Crippen LogP) is 6.39. The smallest absolute Gasteiger partial charge is 0.335 e. The van der Waals surface area contributed by atoms with Crippen LogP contribution in [0.1, 0.15) is 53.5 Å². The third-order valence-electron chi connectivity index (χ3n) is 6.01. The van der Waals surface area contributed by atoms with Crippen molar-refractivity contribution in [2.75, 3.05) is 0 Å². The summed E-state index contributed by atoms with van der Waals surface area (Å²) >= 11 is 9.74. The number of hydrogen-bond acceptors (Lipinski definition) is 7. The lowest BCUT2D eigenvalue weighted by Crippen LogP contribution is -2.23. The molecule has 3 aromatic carbocycles. The average Bonchev–Trinajstić information content (AvgIpc) is 2.91. The molecule has 4 aromatic rings. The van der Waals surface area contributed by atoms with Crippen molar-refractivity contribution in [3.05, 3.63) is 107 Å². The first-order chi connectivity index (χ1) is 18.6. The van der Waals surface area contributed by atoms with Crippen molar-refractivity contribution in [1.29, 1.82) is 0 Å². The van der Waals surface area contributed by atoms with Crippen molar-refractivity contribution in [3.8, 4) is 5.75 Å². The van der Waals surface area contributed by atoms with E-state index in [9.17, 15) is 24.8 Å². The number of benzene rings is 3. The molecular formula is C27H22BrClN4O6. The van der Waals surface area contributed by atoms with Crippen LogP contribution in [-0.2, 0) is 6.61 Å². The Morgan fingerprint density at radius 3 is 2.74 bits per heavy atom. The minimum absolute atomic E-state index is 0.0462. The fourth-order valence-corrected chi connectivity index (χ4v) is 4.44. The number of carboxylic acids is 1. The Morgan fingerprint density at radius 1 is 1.28 bits per heavy atom. The second-order valence-electron chi connectivity index (χ2n) is 8.70. The van der Waals surface area contributed by atoms with Crippen molar-refractivity contribution in [1.82, 2.24) is 9.66 Å². The fourth-order valence-electron chi connectivity index (χ4n) is 3.81. The summed E-state index contributed by atoms with van der Waals surface area (Å²) in [5.74, 6) is -0.905. The van der Waals surface area contributed by atoms with Gasteiger partial charge < -0.3 is 9.84 Å². The molecule has 12 heteroatoms. The van der Waals surface area contributed by atoms with E-state index in [1.807, 2.05) is 13.8 Å². The molecule has 1 atom stereocenters. The second-order valence-corrected chi connectivity index (χ2v) is 10.0. The summed E-state index contributed by atoms with van der Waals surface area (Å²) in [6.45, 7) is 3.76. The molecule has 0 fully saturated rings. The molecule has 1 heterocycles. The van der Waals surface area contributed by atoms with Gasteiger partial charge in [-0.1, -0.05) is 53.5 Å². The highest BCUT2D eigenvalue weighted by atomic mass is 79.9. The molecule has 1 N–H and O–H groups in total. The third kappa shape index (κ3) is 6.15. The quantitative estimate of drug-likeness (QED) is 0.131. The van der Waals surface area contributed by atoms with Crippen LogP contribution in [0.15, 0.2) is 69.0 Å². The van der Waals surface area contributed by atoms with Gasteiger partial charge in [-0.15, -0.1) is 0 Å². The molecule has 200 valence electrons. The fraction of sp³-hybridized carbons (Fsp3) is 0.185. The van der Waals surface area contributed by atoms with E-state index in [1.165, 1.54) is 35.2 Å². The van der Waals surface area contributed by atoms with Crippen LogP contribution >= 0.6 is 27.5 Å². The number of carbonyl (C=O) groups is 1. The number of halogens is 2. The van der Waals surface area contributed by atoms with E-state index < -0.39 is 16.6 Å². The number of nitro groups is 1. The van der Waals surface area contributed by atoms with E-state index >= 15 is 0 Å². The van der Waals surface area contributed by atoms with E-state index in [2.05, 4.69) is 26.0 Å². The lowest BCUT2D eigenvalue weighted by molar-refractivity contribution is -0.385. The zero-order valence-corrected chi connectivity index (χ0v) is 23.1. The number of fused-ring (bicyclic) bond motifs is 1. The molecule has 1 aromatic heterocycles. The normalized spacial score (nSPS) is 12.1. The van der Waals surface area contributed by atoms with Crippen LogP contribution in [0.5, 0.6) is 5.75 Å². The monoisotopic (exact) mass is 612 g/mol. The van der Waals surface area contributed by atoms with E-state index in [1.54, 1.807) is 30.3 Å². The Labute approximate surface area is 235 Å². The van der Waals surface area contributed by atoms with Crippen LogP contribution in [-0.4, -0.2) is 31.9 Å². The first-order valence-corrected chi connectivity index (χ1v) is 13.0. The lowest BCUT2D eigenvalue weighted by Gasteiger charge is -2.14. The summed E-state index contributed by atoms with van der Waals surface area (Å²) in [5, 5.41) is 25.7. The van der Waals surface area contributed by atoms with Gasteiger partial charge in [0, 0.05) is 22.0 Å². The molecule has 39 heavy (non-hydrogen) atoms. The summed E-state index contributed by atoms with van der Waals surface area (Å²) in [6.07, 6.45) is 2.01. The molecule has 0 saturated heterocycles. The molecule has 0 spiro atoms. The maximum absolute atomic E-state index is 13.3. The van der Waals surface area contributed by atoms with Crippen LogP contribution in [0.25, 0.3) is 10.9 Å². The highest BCUT2D eigenvalue weighted by Crippen LogP contribution is 2.36. The predicted molar refractivity (Wildman–Crippen MR) is 151 cm³/mol. The highest BCUT2D eigenvalue weighted by molar-refractivity contribution is 9.10. The number of nitro benzene ring substituents is 1. The molecule has 0 radical (unpaired) electrons. The summed E-state index contributed by atoms with van der Waals surface area (Å²) in [6, 6.07) is 13.9. The van der Waals surface area contributed by atoms with Crippen LogP contribution in [0.2, 0.25) is 5.02 Å². The van der Waals surface area contributed by atoms with E-state index in [0.29, 0.717) is 33.2 Å². The maximum Gasteiger partial charge on any atom is 0.335 e. The number of rotatable bonds is 9. The summed E-state index contributed by atoms with van der Waals surface area (Å²) in [7, 11) is 0. The number of ether oxygens (including phenoxy) is 1. The minimum atomic E-state index is -1.10. The largest absolute Gasteiger partial charge is 0.481 e. The van der Waals surface area contributed by atoms with Gasteiger partial charge >= 0.3 is 11.7 Å². The van der Waals surface area contributed by atoms with Gasteiger partial charge in [-0.25, -0.2) is 9.78 Å². The Hall–Kier alpha value is -4.09. The molecule has 0 aliphatic heterocycles. The highest BCUT2D eigenvalue weighted by Gasteiger charge is 2.21. The number of nitrogens with zero attached hydrogens (tertiary/aromatic N) is 4. The van der Waals surface area contributed by atoms with Crippen molar-refractivity contribution >= 4 is 56.3 Å². The summed E-state index contributed by atoms with van der Waals surface area (Å²) in [4.78, 5) is 40.4. The van der Waals surface area contributed by atoms with Gasteiger partial charge in [0.25, 0.3) is 5.56 Å². The van der Waals surface area contributed by atoms with Crippen LogP contribution < -0.4 is 10.3 Å². The average molecular weight is 614 g/mol. The molecule has 0 bridgehead atoms. The van der Waals surface area contributed by atoms with Crippen LogP contribution in [0.4, 0.5) is 5.69 Å². The first kappa shape index (κ1) is 27.9. The lowest BCUT2D eigenvalue weighted by atomic mass is 10.1.